The van der Waals surface area contributed by atoms with Gasteiger partial charge in [0, 0.05) is 19.3 Å². The molecular formula is C17H23N3O4S. The van der Waals surface area contributed by atoms with E-state index in [9.17, 15) is 13.2 Å². The van der Waals surface area contributed by atoms with Crippen molar-refractivity contribution in [2.75, 3.05) is 7.11 Å². The number of sulfonamides is 1. The van der Waals surface area contributed by atoms with E-state index < -0.39 is 15.9 Å². The van der Waals surface area contributed by atoms with Gasteiger partial charge in [-0.3, -0.25) is 4.79 Å². The third-order valence-electron chi connectivity index (χ3n) is 3.92. The van der Waals surface area contributed by atoms with Crippen LogP contribution in [0, 0.1) is 0 Å². The average Bonchev–Trinajstić information content (AvgIpc) is 2.96. The lowest BCUT2D eigenvalue weighted by Gasteiger charge is -2.13. The van der Waals surface area contributed by atoms with Gasteiger partial charge < -0.3 is 15.0 Å². The maximum atomic E-state index is 12.4. The molecule has 3 N–H and O–H groups in total. The molecular weight excluding hydrogens is 342 g/mol. The zero-order valence-electron chi connectivity index (χ0n) is 14.5. The van der Waals surface area contributed by atoms with Crippen LogP contribution in [-0.2, 0) is 23.5 Å². The lowest BCUT2D eigenvalue weighted by atomic mass is 10.1. The van der Waals surface area contributed by atoms with E-state index in [1.165, 1.54) is 16.8 Å². The lowest BCUT2D eigenvalue weighted by Crippen LogP contribution is -2.32. The number of amides is 1. The van der Waals surface area contributed by atoms with Crippen molar-refractivity contribution >= 4 is 15.9 Å². The number of aromatic nitrogens is 1. The van der Waals surface area contributed by atoms with Crippen molar-refractivity contribution in [3.05, 3.63) is 47.8 Å². The van der Waals surface area contributed by atoms with E-state index in [1.807, 2.05) is 24.3 Å². The second kappa shape index (κ2) is 7.71. The number of nitrogens with one attached hydrogen (secondary N) is 1. The van der Waals surface area contributed by atoms with Crippen molar-refractivity contribution in [1.29, 1.82) is 0 Å². The predicted molar refractivity (Wildman–Crippen MR) is 95.0 cm³/mol. The van der Waals surface area contributed by atoms with Crippen molar-refractivity contribution < 1.29 is 17.9 Å². The Hall–Kier alpha value is -2.32. The second-order valence-corrected chi connectivity index (χ2v) is 7.66. The highest BCUT2D eigenvalue weighted by molar-refractivity contribution is 7.89. The molecule has 1 atom stereocenters. The molecule has 2 aromatic rings. The van der Waals surface area contributed by atoms with Crippen LogP contribution < -0.4 is 15.2 Å². The monoisotopic (exact) mass is 365 g/mol. The molecule has 0 aliphatic rings. The zero-order chi connectivity index (χ0) is 18.6. The van der Waals surface area contributed by atoms with Crippen LogP contribution in [0.1, 0.15) is 29.4 Å². The highest BCUT2D eigenvalue weighted by atomic mass is 32.2. The molecule has 8 heteroatoms. The fourth-order valence-corrected chi connectivity index (χ4v) is 3.84. The third kappa shape index (κ3) is 4.83. The Kier molecular flexibility index (Phi) is 5.86. The fourth-order valence-electron chi connectivity index (χ4n) is 2.49. The van der Waals surface area contributed by atoms with Gasteiger partial charge in [0.25, 0.3) is 5.91 Å². The number of carbonyl (C=O) groups excluding carboxylic acids is 1. The van der Waals surface area contributed by atoms with Gasteiger partial charge in [0.05, 0.1) is 7.11 Å². The summed E-state index contributed by atoms with van der Waals surface area (Å²) in [6.45, 7) is 1.80. The highest BCUT2D eigenvalue weighted by Crippen LogP contribution is 2.16. The Balaban J connectivity index is 1.99. The molecule has 1 aromatic carbocycles. The first kappa shape index (κ1) is 19.0. The summed E-state index contributed by atoms with van der Waals surface area (Å²) in [5.74, 6) is 0.114. The summed E-state index contributed by atoms with van der Waals surface area (Å²) in [6.07, 6.45) is 2.74. The molecule has 1 heterocycles. The molecule has 0 saturated heterocycles. The van der Waals surface area contributed by atoms with Crippen molar-refractivity contribution in [2.45, 2.75) is 30.7 Å². The number of ether oxygens (including phenoxy) is 1. The van der Waals surface area contributed by atoms with E-state index in [-0.39, 0.29) is 16.6 Å². The molecule has 0 radical (unpaired) electrons. The molecule has 1 unspecified atom stereocenters. The van der Waals surface area contributed by atoms with Gasteiger partial charge in [-0.25, -0.2) is 13.1 Å². The number of methoxy groups -OCH3 is 1. The lowest BCUT2D eigenvalue weighted by molar-refractivity contribution is 0.0992. The Labute approximate surface area is 147 Å². The minimum Gasteiger partial charge on any atom is -0.497 e. The largest absolute Gasteiger partial charge is 0.497 e. The standard InChI is InChI=1S/C17H23N3O4S/c1-12(4-5-13-6-8-14(24-3)9-7-13)19-25(22,23)15-10-16(17(18)21)20(2)11-15/h6-12,19H,4-5H2,1-3H3,(H2,18,21). The fraction of sp³-hybridized carbons (Fsp3) is 0.353. The number of hydrogen-bond donors (Lipinski definition) is 2. The van der Waals surface area contributed by atoms with Crippen molar-refractivity contribution in [3.63, 3.8) is 0 Å². The Morgan fingerprint density at radius 3 is 2.48 bits per heavy atom. The Bertz CT molecular complexity index is 841. The number of nitrogens with two attached hydrogens (primary N) is 1. The van der Waals surface area contributed by atoms with Gasteiger partial charge in [-0.2, -0.15) is 0 Å². The molecule has 0 bridgehead atoms. The van der Waals surface area contributed by atoms with Crippen LogP contribution in [-0.4, -0.2) is 32.0 Å². The summed E-state index contributed by atoms with van der Waals surface area (Å²) in [5, 5.41) is 0. The van der Waals surface area contributed by atoms with E-state index in [1.54, 1.807) is 21.1 Å². The first-order valence-corrected chi connectivity index (χ1v) is 9.32. The molecule has 0 fully saturated rings. The number of benzene rings is 1. The third-order valence-corrected chi connectivity index (χ3v) is 5.48. The summed E-state index contributed by atoms with van der Waals surface area (Å²) >= 11 is 0. The Morgan fingerprint density at radius 1 is 1.32 bits per heavy atom. The molecule has 1 aromatic heterocycles. The number of rotatable bonds is 8. The van der Waals surface area contributed by atoms with Crippen molar-refractivity contribution in [3.8, 4) is 5.75 Å². The molecule has 0 saturated carbocycles. The molecule has 25 heavy (non-hydrogen) atoms. The van der Waals surface area contributed by atoms with Gasteiger partial charge in [0.15, 0.2) is 0 Å². The van der Waals surface area contributed by atoms with Crippen LogP contribution in [0.15, 0.2) is 41.4 Å². The summed E-state index contributed by atoms with van der Waals surface area (Å²) in [6, 6.07) is 8.68. The van der Waals surface area contributed by atoms with Crippen LogP contribution in [0.4, 0.5) is 0 Å². The van der Waals surface area contributed by atoms with Crippen LogP contribution >= 0.6 is 0 Å². The topological polar surface area (TPSA) is 103 Å². The molecule has 136 valence electrons. The summed E-state index contributed by atoms with van der Waals surface area (Å²) in [4.78, 5) is 11.3. The first-order chi connectivity index (χ1) is 11.7. The number of nitrogens with zero attached hydrogens (tertiary/aromatic N) is 1. The van der Waals surface area contributed by atoms with E-state index in [0.717, 1.165) is 17.7 Å². The number of hydrogen-bond acceptors (Lipinski definition) is 4. The van der Waals surface area contributed by atoms with E-state index in [0.29, 0.717) is 6.42 Å². The summed E-state index contributed by atoms with van der Waals surface area (Å²) in [7, 11) is -0.523. The van der Waals surface area contributed by atoms with Crippen molar-refractivity contribution in [1.82, 2.24) is 9.29 Å². The van der Waals surface area contributed by atoms with Gasteiger partial charge >= 0.3 is 0 Å². The minimum atomic E-state index is -3.71. The smallest absolute Gasteiger partial charge is 0.265 e. The van der Waals surface area contributed by atoms with Gasteiger partial charge in [0.2, 0.25) is 10.0 Å². The molecule has 0 spiro atoms. The van der Waals surface area contributed by atoms with Gasteiger partial charge in [-0.1, -0.05) is 12.1 Å². The first-order valence-electron chi connectivity index (χ1n) is 7.84. The molecule has 0 aliphatic carbocycles. The van der Waals surface area contributed by atoms with Crippen LogP contribution in [0.25, 0.3) is 0 Å². The summed E-state index contributed by atoms with van der Waals surface area (Å²) in [5.41, 5.74) is 6.47. The Morgan fingerprint density at radius 2 is 1.96 bits per heavy atom. The van der Waals surface area contributed by atoms with E-state index >= 15 is 0 Å². The van der Waals surface area contributed by atoms with Crippen molar-refractivity contribution in [2.24, 2.45) is 12.8 Å². The minimum absolute atomic E-state index is 0.0279. The normalized spacial score (nSPS) is 12.8. The highest BCUT2D eigenvalue weighted by Gasteiger charge is 2.21. The average molecular weight is 365 g/mol. The molecule has 2 rings (SSSR count). The van der Waals surface area contributed by atoms with Crippen LogP contribution in [0.3, 0.4) is 0 Å². The quantitative estimate of drug-likeness (QED) is 0.738. The van der Waals surface area contributed by atoms with E-state index in [2.05, 4.69) is 4.72 Å². The predicted octanol–water partition coefficient (Wildman–Crippen LogP) is 1.43. The van der Waals surface area contributed by atoms with Crippen LogP contribution in [0.5, 0.6) is 5.75 Å². The SMILES string of the molecule is COc1ccc(CCC(C)NS(=O)(=O)c2cc(C(N)=O)n(C)c2)cc1. The van der Waals surface area contributed by atoms with Gasteiger partial charge in [0.1, 0.15) is 16.3 Å². The molecule has 0 aliphatic heterocycles. The molecule has 1 amide bonds. The summed E-state index contributed by atoms with van der Waals surface area (Å²) < 4.78 is 34.0. The zero-order valence-corrected chi connectivity index (χ0v) is 15.3. The maximum Gasteiger partial charge on any atom is 0.265 e. The van der Waals surface area contributed by atoms with Crippen LogP contribution in [0.2, 0.25) is 0 Å². The second-order valence-electron chi connectivity index (χ2n) is 5.95. The number of aryl methyl sites for hydroxylation is 2. The number of carbonyl (C=O) groups is 1. The number of primary amides is 1. The van der Waals surface area contributed by atoms with E-state index in [4.69, 9.17) is 10.5 Å². The molecule has 7 nitrogen and oxygen atoms in total. The van der Waals surface area contributed by atoms with Gasteiger partial charge in [-0.15, -0.1) is 0 Å². The van der Waals surface area contributed by atoms with Gasteiger partial charge in [-0.05, 0) is 43.5 Å². The maximum absolute atomic E-state index is 12.4.